The monoisotopic (exact) mass is 365 g/mol. The van der Waals surface area contributed by atoms with Crippen molar-refractivity contribution in [1.29, 1.82) is 0 Å². The van der Waals surface area contributed by atoms with E-state index in [2.05, 4.69) is 11.4 Å². The molecule has 2 aliphatic rings. The Labute approximate surface area is 152 Å². The first-order valence-corrected chi connectivity index (χ1v) is 8.21. The van der Waals surface area contributed by atoms with Gasteiger partial charge < -0.3 is 19.9 Å². The molecule has 1 heterocycles. The first kappa shape index (κ1) is 17.8. The number of benzene rings is 2. The van der Waals surface area contributed by atoms with Crippen LogP contribution in [-0.4, -0.2) is 32.0 Å². The minimum absolute atomic E-state index is 0. The summed E-state index contributed by atoms with van der Waals surface area (Å²) >= 11 is 0. The minimum atomic E-state index is -0.539. The molecule has 0 fully saturated rings. The third-order valence-electron chi connectivity index (χ3n) is 4.84. The fourth-order valence-corrected chi connectivity index (χ4v) is 3.96. The van der Waals surface area contributed by atoms with E-state index < -0.39 is 6.67 Å². The van der Waals surface area contributed by atoms with Crippen molar-refractivity contribution in [3.8, 4) is 28.4 Å². The number of phenolic OH excluding ortho intramolecular Hbond substituents is 1. The van der Waals surface area contributed by atoms with Gasteiger partial charge in [0.2, 0.25) is 0 Å². The van der Waals surface area contributed by atoms with E-state index in [1.54, 1.807) is 7.11 Å². The molecule has 0 radical (unpaired) electrons. The van der Waals surface area contributed by atoms with Gasteiger partial charge >= 0.3 is 0 Å². The molecule has 25 heavy (non-hydrogen) atoms. The molecule has 2 aromatic carbocycles. The van der Waals surface area contributed by atoms with Gasteiger partial charge in [-0.2, -0.15) is 0 Å². The second-order valence-electron chi connectivity index (χ2n) is 6.17. The van der Waals surface area contributed by atoms with E-state index in [1.807, 2.05) is 18.2 Å². The summed E-state index contributed by atoms with van der Waals surface area (Å²) in [4.78, 5) is 0. The van der Waals surface area contributed by atoms with Gasteiger partial charge in [0, 0.05) is 17.2 Å². The average Bonchev–Trinajstić information content (AvgIpc) is 2.59. The van der Waals surface area contributed by atoms with Crippen LogP contribution in [0.1, 0.15) is 22.7 Å². The van der Waals surface area contributed by atoms with Gasteiger partial charge in [-0.3, -0.25) is 0 Å². The Kier molecular flexibility index (Phi) is 5.06. The number of alkyl halides is 1. The Hall–Kier alpha value is -1.98. The predicted octanol–water partition coefficient (Wildman–Crippen LogP) is 3.58. The van der Waals surface area contributed by atoms with Gasteiger partial charge in [-0.05, 0) is 48.2 Å². The predicted molar refractivity (Wildman–Crippen MR) is 97.0 cm³/mol. The van der Waals surface area contributed by atoms with E-state index in [1.165, 1.54) is 5.56 Å². The van der Waals surface area contributed by atoms with Crippen LogP contribution in [-0.2, 0) is 12.8 Å². The molecule has 0 bridgehead atoms. The molecule has 4 nitrogen and oxygen atoms in total. The Bertz CT molecular complexity index is 797. The normalized spacial score (nSPS) is 17.1. The number of aromatic hydroxyl groups is 1. The summed E-state index contributed by atoms with van der Waals surface area (Å²) in [5, 5.41) is 14.0. The Morgan fingerprint density at radius 1 is 1.28 bits per heavy atom. The van der Waals surface area contributed by atoms with E-state index in [0.29, 0.717) is 11.5 Å². The lowest BCUT2D eigenvalue weighted by molar-refractivity contribution is 0.273. The van der Waals surface area contributed by atoms with Crippen molar-refractivity contribution in [2.24, 2.45) is 0 Å². The van der Waals surface area contributed by atoms with Gasteiger partial charge in [-0.15, -0.1) is 12.4 Å². The minimum Gasteiger partial charge on any atom is -0.504 e. The molecule has 0 amide bonds. The Morgan fingerprint density at radius 2 is 2.12 bits per heavy atom. The van der Waals surface area contributed by atoms with Gasteiger partial charge in [-0.25, -0.2) is 4.39 Å². The number of fused-ring (bicyclic) bond motifs is 2. The molecule has 2 aromatic rings. The summed E-state index contributed by atoms with van der Waals surface area (Å²) in [6.07, 6.45) is 1.70. The molecule has 0 saturated heterocycles. The van der Waals surface area contributed by atoms with Crippen molar-refractivity contribution in [3.05, 3.63) is 41.0 Å². The van der Waals surface area contributed by atoms with Crippen LogP contribution in [0.5, 0.6) is 17.2 Å². The summed E-state index contributed by atoms with van der Waals surface area (Å²) in [7, 11) is 1.56. The second-order valence-corrected chi connectivity index (χ2v) is 6.17. The van der Waals surface area contributed by atoms with Crippen LogP contribution in [0.4, 0.5) is 4.39 Å². The van der Waals surface area contributed by atoms with E-state index in [0.717, 1.165) is 41.6 Å². The lowest BCUT2D eigenvalue weighted by Crippen LogP contribution is -2.34. The van der Waals surface area contributed by atoms with Gasteiger partial charge in [0.15, 0.2) is 11.5 Å². The Morgan fingerprint density at radius 3 is 2.88 bits per heavy atom. The van der Waals surface area contributed by atoms with Crippen LogP contribution in [0.3, 0.4) is 0 Å². The van der Waals surface area contributed by atoms with E-state index in [9.17, 15) is 9.50 Å². The maximum absolute atomic E-state index is 12.6. The lowest BCUT2D eigenvalue weighted by Gasteiger charge is -2.36. The standard InChI is InChI=1S/C19H20FNO3.ClH/c1-23-19-14(22)10-12-5-7-21-13-9-11-3-2-4-15(24-8-6-20)17(11)18(19)16(12)13;/h2-4,10,13,21-22H,5-9H2,1H3;1H. The third-order valence-corrected chi connectivity index (χ3v) is 4.84. The molecule has 0 aromatic heterocycles. The van der Waals surface area contributed by atoms with E-state index in [4.69, 9.17) is 9.47 Å². The number of phenols is 1. The molecule has 4 rings (SSSR count). The first-order valence-electron chi connectivity index (χ1n) is 8.21. The third kappa shape index (κ3) is 2.81. The van der Waals surface area contributed by atoms with E-state index >= 15 is 0 Å². The fraction of sp³-hybridized carbons (Fsp3) is 0.368. The molecule has 6 heteroatoms. The molecular formula is C19H21ClFNO3. The largest absolute Gasteiger partial charge is 0.504 e. The molecule has 134 valence electrons. The zero-order valence-corrected chi connectivity index (χ0v) is 14.8. The molecule has 1 aliphatic heterocycles. The summed E-state index contributed by atoms with van der Waals surface area (Å²) in [5.74, 6) is 1.24. The Balaban J connectivity index is 0.00000182. The highest BCUT2D eigenvalue weighted by Crippen LogP contribution is 2.52. The summed E-state index contributed by atoms with van der Waals surface area (Å²) < 4.78 is 23.8. The highest BCUT2D eigenvalue weighted by molar-refractivity contribution is 5.87. The van der Waals surface area contributed by atoms with Crippen molar-refractivity contribution in [2.45, 2.75) is 18.9 Å². The van der Waals surface area contributed by atoms with Crippen LogP contribution in [0.2, 0.25) is 0 Å². The van der Waals surface area contributed by atoms with Gasteiger partial charge in [0.1, 0.15) is 19.0 Å². The quantitative estimate of drug-likeness (QED) is 0.869. The van der Waals surface area contributed by atoms with Gasteiger partial charge in [-0.1, -0.05) is 12.1 Å². The average molecular weight is 366 g/mol. The topological polar surface area (TPSA) is 50.7 Å². The van der Waals surface area contributed by atoms with Gasteiger partial charge in [0.25, 0.3) is 0 Å². The maximum Gasteiger partial charge on any atom is 0.168 e. The number of hydrogen-bond acceptors (Lipinski definition) is 4. The van der Waals surface area contributed by atoms with Crippen molar-refractivity contribution < 1.29 is 19.0 Å². The zero-order valence-electron chi connectivity index (χ0n) is 14.0. The SMILES string of the molecule is COc1c(O)cc2c3c1-c1c(cccc1OCCF)CC3NCC2.Cl. The van der Waals surface area contributed by atoms with Crippen LogP contribution >= 0.6 is 12.4 Å². The van der Waals surface area contributed by atoms with Crippen molar-refractivity contribution in [1.82, 2.24) is 5.32 Å². The molecular weight excluding hydrogens is 345 g/mol. The smallest absolute Gasteiger partial charge is 0.168 e. The number of rotatable bonds is 4. The molecule has 0 spiro atoms. The number of ether oxygens (including phenoxy) is 2. The van der Waals surface area contributed by atoms with Gasteiger partial charge in [0.05, 0.1) is 7.11 Å². The molecule has 2 N–H and O–H groups in total. The van der Waals surface area contributed by atoms with Crippen molar-refractivity contribution in [2.75, 3.05) is 26.9 Å². The maximum atomic E-state index is 12.6. The van der Waals surface area contributed by atoms with Crippen LogP contribution < -0.4 is 14.8 Å². The van der Waals surface area contributed by atoms with Crippen molar-refractivity contribution in [3.63, 3.8) is 0 Å². The molecule has 1 atom stereocenters. The highest BCUT2D eigenvalue weighted by Gasteiger charge is 2.34. The fourth-order valence-electron chi connectivity index (χ4n) is 3.96. The van der Waals surface area contributed by atoms with Crippen LogP contribution in [0.15, 0.2) is 24.3 Å². The number of methoxy groups -OCH3 is 1. The number of halogens is 2. The number of nitrogens with one attached hydrogen (secondary N) is 1. The van der Waals surface area contributed by atoms with Crippen molar-refractivity contribution >= 4 is 12.4 Å². The summed E-state index contributed by atoms with van der Waals surface area (Å²) in [6.45, 7) is 0.362. The molecule has 1 unspecified atom stereocenters. The molecule has 0 saturated carbocycles. The van der Waals surface area contributed by atoms with E-state index in [-0.39, 0.29) is 30.8 Å². The van der Waals surface area contributed by atoms with Crippen LogP contribution in [0.25, 0.3) is 11.1 Å². The lowest BCUT2D eigenvalue weighted by atomic mass is 9.77. The summed E-state index contributed by atoms with van der Waals surface area (Å²) in [5.41, 5.74) is 5.21. The first-order chi connectivity index (χ1) is 11.7. The highest BCUT2D eigenvalue weighted by atomic mass is 35.5. The summed E-state index contributed by atoms with van der Waals surface area (Å²) in [6, 6.07) is 7.83. The molecule has 1 aliphatic carbocycles. The number of hydrogen-bond donors (Lipinski definition) is 2. The second kappa shape index (κ2) is 7.10. The zero-order chi connectivity index (χ0) is 16.7. The van der Waals surface area contributed by atoms with Crippen LogP contribution in [0, 0.1) is 0 Å².